The topological polar surface area (TPSA) is 64.8 Å². The number of methoxy groups -OCH3 is 1. The standard InChI is InChI=1S/C14H20N2O3/c1-9-11(7-8-19-9)16(2)14(17)13-10(15)5-4-6-12(13)18-3/h4-6,9,11H,7-8,15H2,1-3H3. The Hall–Kier alpha value is -1.75. The predicted molar refractivity (Wildman–Crippen MR) is 73.3 cm³/mol. The molecule has 1 amide bonds. The monoisotopic (exact) mass is 264 g/mol. The van der Waals surface area contributed by atoms with Gasteiger partial charge in [-0.3, -0.25) is 4.79 Å². The van der Waals surface area contributed by atoms with Crippen LogP contribution in [0.1, 0.15) is 23.7 Å². The molecule has 2 atom stereocenters. The minimum Gasteiger partial charge on any atom is -0.496 e. The normalized spacial score (nSPS) is 22.3. The molecule has 1 aliphatic heterocycles. The second-order valence-electron chi connectivity index (χ2n) is 4.77. The number of carbonyl (C=O) groups is 1. The van der Waals surface area contributed by atoms with Crippen LogP contribution in [0.5, 0.6) is 5.75 Å². The van der Waals surface area contributed by atoms with E-state index in [0.717, 1.165) is 6.42 Å². The fourth-order valence-corrected chi connectivity index (χ4v) is 2.50. The van der Waals surface area contributed by atoms with Gasteiger partial charge < -0.3 is 20.1 Å². The van der Waals surface area contributed by atoms with Crippen molar-refractivity contribution in [2.75, 3.05) is 26.5 Å². The van der Waals surface area contributed by atoms with Crippen LogP contribution in [-0.4, -0.2) is 43.7 Å². The molecule has 1 aliphatic rings. The van der Waals surface area contributed by atoms with Crippen molar-refractivity contribution in [3.63, 3.8) is 0 Å². The lowest BCUT2D eigenvalue weighted by Gasteiger charge is -2.27. The van der Waals surface area contributed by atoms with E-state index in [1.165, 1.54) is 7.11 Å². The second kappa shape index (κ2) is 5.48. The van der Waals surface area contributed by atoms with E-state index in [0.29, 0.717) is 23.6 Å². The van der Waals surface area contributed by atoms with Crippen molar-refractivity contribution < 1.29 is 14.3 Å². The van der Waals surface area contributed by atoms with Crippen molar-refractivity contribution in [2.45, 2.75) is 25.5 Å². The third-order valence-corrected chi connectivity index (χ3v) is 3.65. The largest absolute Gasteiger partial charge is 0.496 e. The average Bonchev–Trinajstić information content (AvgIpc) is 2.83. The number of hydrogen-bond acceptors (Lipinski definition) is 4. The molecule has 0 radical (unpaired) electrons. The zero-order valence-electron chi connectivity index (χ0n) is 11.6. The Bertz CT molecular complexity index is 476. The molecule has 5 heteroatoms. The number of nitrogen functional groups attached to an aromatic ring is 1. The number of benzene rings is 1. The lowest BCUT2D eigenvalue weighted by Crippen LogP contribution is -2.41. The van der Waals surface area contributed by atoms with Crippen LogP contribution in [0.4, 0.5) is 5.69 Å². The first-order valence-corrected chi connectivity index (χ1v) is 6.37. The molecule has 2 rings (SSSR count). The smallest absolute Gasteiger partial charge is 0.259 e. The van der Waals surface area contributed by atoms with Crippen LogP contribution in [0, 0.1) is 0 Å². The minimum atomic E-state index is -0.127. The Balaban J connectivity index is 2.29. The van der Waals surface area contributed by atoms with Gasteiger partial charge in [-0.05, 0) is 25.5 Å². The third kappa shape index (κ3) is 2.51. The van der Waals surface area contributed by atoms with E-state index in [9.17, 15) is 4.79 Å². The van der Waals surface area contributed by atoms with Crippen LogP contribution in [0.15, 0.2) is 18.2 Å². The number of nitrogens with two attached hydrogens (primary N) is 1. The van der Waals surface area contributed by atoms with Crippen molar-refractivity contribution >= 4 is 11.6 Å². The molecule has 2 N–H and O–H groups in total. The molecule has 104 valence electrons. The van der Waals surface area contributed by atoms with Crippen molar-refractivity contribution in [3.05, 3.63) is 23.8 Å². The maximum Gasteiger partial charge on any atom is 0.259 e. The first kappa shape index (κ1) is 13.7. The van der Waals surface area contributed by atoms with Gasteiger partial charge in [-0.15, -0.1) is 0 Å². The molecule has 0 aliphatic carbocycles. The summed E-state index contributed by atoms with van der Waals surface area (Å²) >= 11 is 0. The van der Waals surface area contributed by atoms with Gasteiger partial charge in [0.05, 0.1) is 19.3 Å². The molecular weight excluding hydrogens is 244 g/mol. The number of amides is 1. The number of rotatable bonds is 3. The summed E-state index contributed by atoms with van der Waals surface area (Å²) in [5, 5.41) is 0. The van der Waals surface area contributed by atoms with E-state index in [2.05, 4.69) is 0 Å². The zero-order chi connectivity index (χ0) is 14.0. The summed E-state index contributed by atoms with van der Waals surface area (Å²) in [4.78, 5) is 14.3. The summed E-state index contributed by atoms with van der Waals surface area (Å²) in [5.74, 6) is 0.376. The molecule has 1 aromatic rings. The summed E-state index contributed by atoms with van der Waals surface area (Å²) in [7, 11) is 3.32. The summed E-state index contributed by atoms with van der Waals surface area (Å²) in [6, 6.07) is 5.30. The molecule has 1 fully saturated rings. The van der Waals surface area contributed by atoms with Crippen LogP contribution in [-0.2, 0) is 4.74 Å². The van der Waals surface area contributed by atoms with Crippen molar-refractivity contribution in [3.8, 4) is 5.75 Å². The van der Waals surface area contributed by atoms with E-state index >= 15 is 0 Å². The molecule has 19 heavy (non-hydrogen) atoms. The molecule has 1 aromatic carbocycles. The van der Waals surface area contributed by atoms with Crippen LogP contribution in [0.3, 0.4) is 0 Å². The number of carbonyl (C=O) groups excluding carboxylic acids is 1. The van der Waals surface area contributed by atoms with Gasteiger partial charge >= 0.3 is 0 Å². The van der Waals surface area contributed by atoms with Gasteiger partial charge in [0.2, 0.25) is 0 Å². The Labute approximate surface area is 113 Å². The highest BCUT2D eigenvalue weighted by Crippen LogP contribution is 2.28. The van der Waals surface area contributed by atoms with Gasteiger partial charge in [-0.25, -0.2) is 0 Å². The van der Waals surface area contributed by atoms with Gasteiger partial charge in [-0.1, -0.05) is 6.07 Å². The SMILES string of the molecule is COc1cccc(N)c1C(=O)N(C)C1CCOC1C. The van der Waals surface area contributed by atoms with E-state index in [4.69, 9.17) is 15.2 Å². The maximum atomic E-state index is 12.6. The molecule has 5 nitrogen and oxygen atoms in total. The second-order valence-corrected chi connectivity index (χ2v) is 4.77. The maximum absolute atomic E-state index is 12.6. The Kier molecular flexibility index (Phi) is 3.95. The summed E-state index contributed by atoms with van der Waals surface area (Å²) in [6.07, 6.45) is 0.892. The zero-order valence-corrected chi connectivity index (χ0v) is 11.6. The molecule has 0 saturated carbocycles. The summed E-state index contributed by atoms with van der Waals surface area (Å²) < 4.78 is 10.7. The lowest BCUT2D eigenvalue weighted by molar-refractivity contribution is 0.0573. The van der Waals surface area contributed by atoms with Gasteiger partial charge in [0.15, 0.2) is 0 Å². The van der Waals surface area contributed by atoms with E-state index in [1.54, 1.807) is 30.1 Å². The van der Waals surface area contributed by atoms with Crippen LogP contribution < -0.4 is 10.5 Å². The molecule has 0 spiro atoms. The Morgan fingerprint density at radius 3 is 2.84 bits per heavy atom. The van der Waals surface area contributed by atoms with Crippen LogP contribution in [0.25, 0.3) is 0 Å². The van der Waals surface area contributed by atoms with E-state index in [1.807, 2.05) is 6.92 Å². The number of likely N-dealkylation sites (N-methyl/N-ethyl adjacent to an activating group) is 1. The number of nitrogens with zero attached hydrogens (tertiary/aromatic N) is 1. The summed E-state index contributed by atoms with van der Waals surface area (Å²) in [5.41, 5.74) is 6.77. The van der Waals surface area contributed by atoms with Crippen molar-refractivity contribution in [2.24, 2.45) is 0 Å². The fraction of sp³-hybridized carbons (Fsp3) is 0.500. The molecular formula is C14H20N2O3. The van der Waals surface area contributed by atoms with Gasteiger partial charge in [0.25, 0.3) is 5.91 Å². The molecule has 0 bridgehead atoms. The van der Waals surface area contributed by atoms with Gasteiger partial charge in [0, 0.05) is 19.3 Å². The fourth-order valence-electron chi connectivity index (χ4n) is 2.50. The Morgan fingerprint density at radius 1 is 1.53 bits per heavy atom. The first-order valence-electron chi connectivity index (χ1n) is 6.37. The van der Waals surface area contributed by atoms with E-state index in [-0.39, 0.29) is 18.1 Å². The lowest BCUT2D eigenvalue weighted by atomic mass is 10.1. The minimum absolute atomic E-state index is 0.0462. The number of ether oxygens (including phenoxy) is 2. The van der Waals surface area contributed by atoms with Crippen LogP contribution in [0.2, 0.25) is 0 Å². The van der Waals surface area contributed by atoms with Crippen LogP contribution >= 0.6 is 0 Å². The molecule has 1 heterocycles. The highest BCUT2D eigenvalue weighted by Gasteiger charge is 2.32. The van der Waals surface area contributed by atoms with Gasteiger partial charge in [0.1, 0.15) is 11.3 Å². The quantitative estimate of drug-likeness (QED) is 0.841. The van der Waals surface area contributed by atoms with Gasteiger partial charge in [-0.2, -0.15) is 0 Å². The highest BCUT2D eigenvalue weighted by atomic mass is 16.5. The van der Waals surface area contributed by atoms with E-state index < -0.39 is 0 Å². The number of hydrogen-bond donors (Lipinski definition) is 1. The molecule has 2 unspecified atom stereocenters. The van der Waals surface area contributed by atoms with Crippen molar-refractivity contribution in [1.82, 2.24) is 4.90 Å². The first-order chi connectivity index (χ1) is 9.06. The van der Waals surface area contributed by atoms with Crippen molar-refractivity contribution in [1.29, 1.82) is 0 Å². The molecule has 1 saturated heterocycles. The molecule has 0 aromatic heterocycles. The summed E-state index contributed by atoms with van der Waals surface area (Å²) in [6.45, 7) is 2.66. The Morgan fingerprint density at radius 2 is 2.26 bits per heavy atom. The third-order valence-electron chi connectivity index (χ3n) is 3.65. The average molecular weight is 264 g/mol. The highest BCUT2D eigenvalue weighted by molar-refractivity contribution is 6.01. The predicted octanol–water partition coefficient (Wildman–Crippen LogP) is 1.53. The number of anilines is 1.